The smallest absolute Gasteiger partial charge is 0.135 e. The lowest BCUT2D eigenvalue weighted by Crippen LogP contribution is -2.28. The number of anilines is 2. The van der Waals surface area contributed by atoms with Crippen molar-refractivity contribution >= 4 is 34.5 Å². The van der Waals surface area contributed by atoms with Crippen LogP contribution in [0.1, 0.15) is 60.1 Å². The van der Waals surface area contributed by atoms with Gasteiger partial charge in [0, 0.05) is 33.8 Å². The summed E-state index contributed by atoms with van der Waals surface area (Å²) in [4.78, 5) is 2.55. The van der Waals surface area contributed by atoms with Crippen LogP contribution >= 0.6 is 0 Å². The standard InChI is InChI=1S/C36H31NO/c1-2-8-24(9-3-1)25-14-18-28(19-15-25)37-33-12-6-4-10-29(33)31-22-26(16-20-34(31)37)27-17-21-36-32(23-27)30-11-5-7-13-35(30)38-36/h1-2,4-7,10-16,18-24,27,29,33H,3,8-9,17H2. The van der Waals surface area contributed by atoms with Crippen LogP contribution in [0.25, 0.3) is 23.1 Å². The van der Waals surface area contributed by atoms with E-state index in [1.54, 1.807) is 0 Å². The van der Waals surface area contributed by atoms with Crippen LogP contribution in [0.15, 0.2) is 108 Å². The van der Waals surface area contributed by atoms with Gasteiger partial charge in [-0.25, -0.2) is 0 Å². The predicted molar refractivity (Wildman–Crippen MR) is 157 cm³/mol. The van der Waals surface area contributed by atoms with E-state index in [2.05, 4.69) is 114 Å². The summed E-state index contributed by atoms with van der Waals surface area (Å²) in [5.74, 6) is 1.38. The van der Waals surface area contributed by atoms with Crippen molar-refractivity contribution in [3.8, 4) is 0 Å². The van der Waals surface area contributed by atoms with E-state index in [1.165, 1.54) is 57.9 Å². The molecule has 1 aliphatic heterocycles. The number of para-hydroxylation sites is 1. The topological polar surface area (TPSA) is 16.4 Å². The van der Waals surface area contributed by atoms with Crippen molar-refractivity contribution in [1.29, 1.82) is 0 Å². The molecule has 0 amide bonds. The monoisotopic (exact) mass is 493 g/mol. The van der Waals surface area contributed by atoms with Gasteiger partial charge in [0.05, 0.1) is 6.04 Å². The van der Waals surface area contributed by atoms with Gasteiger partial charge in [0.25, 0.3) is 0 Å². The van der Waals surface area contributed by atoms with Crippen LogP contribution in [0.3, 0.4) is 0 Å². The van der Waals surface area contributed by atoms with Crippen molar-refractivity contribution in [1.82, 2.24) is 0 Å². The van der Waals surface area contributed by atoms with Gasteiger partial charge in [-0.15, -0.1) is 0 Å². The number of hydrogen-bond acceptors (Lipinski definition) is 2. The second-order valence-corrected chi connectivity index (χ2v) is 11.1. The minimum atomic E-state index is 0.319. The third-order valence-corrected chi connectivity index (χ3v) is 9.00. The molecule has 0 bridgehead atoms. The molecule has 38 heavy (non-hydrogen) atoms. The molecule has 2 heteroatoms. The van der Waals surface area contributed by atoms with Crippen LogP contribution in [0.4, 0.5) is 11.4 Å². The maximum absolute atomic E-state index is 6.12. The van der Waals surface area contributed by atoms with Gasteiger partial charge in [0.2, 0.25) is 0 Å². The molecule has 3 aromatic carbocycles. The SMILES string of the molecule is C1=CC2c3cc(C4C=c5c(oc6ccccc56)=CC4)ccc3N(c3ccc(C4CC=CCC4)cc3)C2C=C1. The molecule has 4 atom stereocenters. The summed E-state index contributed by atoms with van der Waals surface area (Å²) in [6.45, 7) is 0. The minimum Gasteiger partial charge on any atom is -0.456 e. The molecule has 1 aromatic heterocycles. The molecule has 2 nitrogen and oxygen atoms in total. The highest BCUT2D eigenvalue weighted by Gasteiger charge is 2.37. The summed E-state index contributed by atoms with van der Waals surface area (Å²) in [5, 5.41) is 2.45. The fourth-order valence-corrected chi connectivity index (χ4v) is 7.04. The highest BCUT2D eigenvalue weighted by Crippen LogP contribution is 2.49. The molecular formula is C36H31NO. The Morgan fingerprint density at radius 3 is 2.58 bits per heavy atom. The Morgan fingerprint density at radius 1 is 0.816 bits per heavy atom. The summed E-state index contributed by atoms with van der Waals surface area (Å²) < 4.78 is 6.12. The van der Waals surface area contributed by atoms with Gasteiger partial charge in [-0.05, 0) is 78.6 Å². The van der Waals surface area contributed by atoms with E-state index in [-0.39, 0.29) is 0 Å². The van der Waals surface area contributed by atoms with Crippen molar-refractivity contribution in [2.75, 3.05) is 4.90 Å². The van der Waals surface area contributed by atoms with Gasteiger partial charge < -0.3 is 9.32 Å². The first-order valence-electron chi connectivity index (χ1n) is 14.1. The molecule has 4 aromatic rings. The molecule has 186 valence electrons. The molecule has 4 unspecified atom stereocenters. The number of rotatable bonds is 3. The van der Waals surface area contributed by atoms with E-state index in [0.717, 1.165) is 17.4 Å². The first kappa shape index (κ1) is 22.0. The maximum atomic E-state index is 6.12. The Balaban J connectivity index is 1.16. The Kier molecular flexibility index (Phi) is 5.07. The van der Waals surface area contributed by atoms with Gasteiger partial charge in [-0.1, -0.05) is 85.0 Å². The largest absolute Gasteiger partial charge is 0.456 e. The zero-order valence-corrected chi connectivity index (χ0v) is 21.5. The molecule has 3 aliphatic carbocycles. The Labute approximate surface area is 223 Å². The van der Waals surface area contributed by atoms with Crippen LogP contribution in [-0.2, 0) is 0 Å². The van der Waals surface area contributed by atoms with Crippen molar-refractivity contribution in [2.45, 2.75) is 49.5 Å². The van der Waals surface area contributed by atoms with Crippen LogP contribution in [0, 0.1) is 0 Å². The van der Waals surface area contributed by atoms with Crippen molar-refractivity contribution in [2.24, 2.45) is 0 Å². The fourth-order valence-electron chi connectivity index (χ4n) is 7.04. The molecule has 0 spiro atoms. The van der Waals surface area contributed by atoms with E-state index in [0.29, 0.717) is 23.8 Å². The normalized spacial score (nSPS) is 25.0. The minimum absolute atomic E-state index is 0.319. The highest BCUT2D eigenvalue weighted by atomic mass is 16.3. The fraction of sp³-hybridized carbons (Fsp3) is 0.222. The molecule has 0 N–H and O–H groups in total. The van der Waals surface area contributed by atoms with Gasteiger partial charge in [-0.2, -0.15) is 0 Å². The summed E-state index contributed by atoms with van der Waals surface area (Å²) >= 11 is 0. The van der Waals surface area contributed by atoms with Gasteiger partial charge in [0.15, 0.2) is 0 Å². The van der Waals surface area contributed by atoms with E-state index < -0.39 is 0 Å². The van der Waals surface area contributed by atoms with E-state index in [4.69, 9.17) is 4.42 Å². The van der Waals surface area contributed by atoms with Gasteiger partial charge in [0.1, 0.15) is 11.0 Å². The lowest BCUT2D eigenvalue weighted by Gasteiger charge is -2.29. The molecule has 4 aliphatic rings. The maximum Gasteiger partial charge on any atom is 0.135 e. The molecule has 8 rings (SSSR count). The van der Waals surface area contributed by atoms with Crippen LogP contribution in [0.5, 0.6) is 0 Å². The molecule has 0 saturated carbocycles. The lowest BCUT2D eigenvalue weighted by atomic mass is 9.86. The summed E-state index contributed by atoms with van der Waals surface area (Å²) in [7, 11) is 0. The first-order valence-corrected chi connectivity index (χ1v) is 14.1. The van der Waals surface area contributed by atoms with Crippen LogP contribution in [-0.4, -0.2) is 6.04 Å². The van der Waals surface area contributed by atoms with Gasteiger partial charge in [-0.3, -0.25) is 0 Å². The first-order chi connectivity index (χ1) is 18.8. The zero-order valence-electron chi connectivity index (χ0n) is 21.5. The number of benzene rings is 3. The molecule has 0 fully saturated rings. The Bertz CT molecular complexity index is 1750. The number of allylic oxidation sites excluding steroid dienone is 4. The second kappa shape index (κ2) is 8.77. The van der Waals surface area contributed by atoms with Crippen LogP contribution in [0.2, 0.25) is 0 Å². The van der Waals surface area contributed by atoms with E-state index in [9.17, 15) is 0 Å². The van der Waals surface area contributed by atoms with E-state index >= 15 is 0 Å². The molecule has 0 radical (unpaired) electrons. The lowest BCUT2D eigenvalue weighted by molar-refractivity contribution is 0.570. The molecule has 2 heterocycles. The molecule has 0 saturated heterocycles. The number of hydrogen-bond donors (Lipinski definition) is 0. The Hall–Kier alpha value is -4.04. The number of furan rings is 1. The average Bonchev–Trinajstić information content (AvgIpc) is 3.53. The number of fused-ring (bicyclic) bond motifs is 6. The highest BCUT2D eigenvalue weighted by molar-refractivity contribution is 5.80. The van der Waals surface area contributed by atoms with Crippen molar-refractivity contribution in [3.05, 3.63) is 131 Å². The zero-order chi connectivity index (χ0) is 25.1. The number of nitrogens with zero attached hydrogens (tertiary/aromatic N) is 1. The quantitative estimate of drug-likeness (QED) is 0.272. The third-order valence-electron chi connectivity index (χ3n) is 9.00. The summed E-state index contributed by atoms with van der Waals surface area (Å²) in [6.07, 6.45) is 23.1. The summed E-state index contributed by atoms with van der Waals surface area (Å²) in [6, 6.07) is 25.3. The second-order valence-electron chi connectivity index (χ2n) is 11.1. The average molecular weight is 494 g/mol. The Morgan fingerprint density at radius 2 is 1.68 bits per heavy atom. The predicted octanol–water partition coefficient (Wildman–Crippen LogP) is 7.73. The van der Waals surface area contributed by atoms with E-state index in [1.807, 2.05) is 6.07 Å². The third kappa shape index (κ3) is 3.47. The van der Waals surface area contributed by atoms with Gasteiger partial charge >= 0.3 is 0 Å². The van der Waals surface area contributed by atoms with Crippen molar-refractivity contribution < 1.29 is 4.42 Å². The van der Waals surface area contributed by atoms with Crippen molar-refractivity contribution in [3.63, 3.8) is 0 Å². The summed E-state index contributed by atoms with van der Waals surface area (Å²) in [5.41, 5.74) is 8.91. The van der Waals surface area contributed by atoms with Crippen LogP contribution < -0.4 is 15.5 Å². The molecular weight excluding hydrogens is 462 g/mol.